The molecule has 0 bridgehead atoms. The first kappa shape index (κ1) is 39.5. The Balaban J connectivity index is 0.000000211. The minimum atomic E-state index is -0.132. The second kappa shape index (κ2) is 20.5. The van der Waals surface area contributed by atoms with Crippen LogP contribution in [0.3, 0.4) is 0 Å². The van der Waals surface area contributed by atoms with Crippen LogP contribution in [-0.4, -0.2) is 95.2 Å². The zero-order valence-electron chi connectivity index (χ0n) is 30.1. The summed E-state index contributed by atoms with van der Waals surface area (Å²) >= 11 is 0. The molecule has 2 heterocycles. The number of rotatable bonds is 17. The third-order valence-electron chi connectivity index (χ3n) is 7.58. The van der Waals surface area contributed by atoms with Crippen molar-refractivity contribution in [1.82, 2.24) is 19.9 Å². The average molecular weight is 745 g/mol. The van der Waals surface area contributed by atoms with Crippen molar-refractivity contribution in [2.45, 2.75) is 0 Å². The first-order valence-electron chi connectivity index (χ1n) is 17.1. The molecule has 6 rings (SSSR count). The Morgan fingerprint density at radius 3 is 1.36 bits per heavy atom. The summed E-state index contributed by atoms with van der Waals surface area (Å²) in [4.78, 5) is 17.3. The van der Waals surface area contributed by atoms with Crippen molar-refractivity contribution in [2.24, 2.45) is 0 Å². The molecule has 0 fully saturated rings. The Bertz CT molecular complexity index is 2270. The van der Waals surface area contributed by atoms with E-state index in [1.165, 1.54) is 12.7 Å². The molecule has 5 N–H and O–H groups in total. The van der Waals surface area contributed by atoms with Crippen LogP contribution in [0.4, 0.5) is 23.0 Å². The van der Waals surface area contributed by atoms with Crippen LogP contribution in [0.1, 0.15) is 11.1 Å². The zero-order chi connectivity index (χ0) is 38.8. The van der Waals surface area contributed by atoms with E-state index in [1.54, 1.807) is 31.4 Å². The molecule has 55 heavy (non-hydrogen) atoms. The van der Waals surface area contributed by atoms with Gasteiger partial charge >= 0.3 is 0 Å². The van der Waals surface area contributed by atoms with Crippen LogP contribution in [0.2, 0.25) is 0 Å². The van der Waals surface area contributed by atoms with Gasteiger partial charge in [-0.1, -0.05) is 24.0 Å². The van der Waals surface area contributed by atoms with Crippen LogP contribution < -0.4 is 29.6 Å². The van der Waals surface area contributed by atoms with E-state index in [1.807, 2.05) is 48.5 Å². The van der Waals surface area contributed by atoms with Crippen LogP contribution in [0.15, 0.2) is 85.5 Å². The number of benzene rings is 4. The Hall–Kier alpha value is -6.68. The molecule has 0 unspecified atom stereocenters. The Morgan fingerprint density at radius 1 is 0.545 bits per heavy atom. The number of aromatic nitrogens is 4. The van der Waals surface area contributed by atoms with Crippen LogP contribution in [0.25, 0.3) is 21.8 Å². The number of terminal acetylenes is 2. The second-order valence-corrected chi connectivity index (χ2v) is 11.3. The monoisotopic (exact) mass is 744 g/mol. The minimum absolute atomic E-state index is 0.106. The van der Waals surface area contributed by atoms with Gasteiger partial charge in [-0.25, -0.2) is 19.9 Å². The number of hydrogen-bond acceptors (Lipinski definition) is 14. The number of ether oxygens (including phenoxy) is 5. The number of nitrogens with one attached hydrogen (secondary N) is 2. The molecule has 0 amide bonds. The van der Waals surface area contributed by atoms with Gasteiger partial charge in [0.05, 0.1) is 37.5 Å². The number of hydrogen-bond donors (Lipinski definition) is 5. The van der Waals surface area contributed by atoms with Crippen molar-refractivity contribution in [3.05, 3.63) is 96.6 Å². The Morgan fingerprint density at radius 2 is 0.964 bits per heavy atom. The molecule has 0 saturated carbocycles. The highest BCUT2D eigenvalue weighted by Crippen LogP contribution is 2.36. The van der Waals surface area contributed by atoms with E-state index in [0.717, 1.165) is 27.9 Å². The Labute approximate surface area is 318 Å². The molecule has 0 spiro atoms. The molecule has 14 nitrogen and oxygen atoms in total. The Kier molecular flexibility index (Phi) is 14.8. The first-order chi connectivity index (χ1) is 27.0. The summed E-state index contributed by atoms with van der Waals surface area (Å²) in [6.07, 6.45) is 13.8. The van der Waals surface area contributed by atoms with Gasteiger partial charge in [0.15, 0.2) is 23.0 Å². The fourth-order valence-electron chi connectivity index (χ4n) is 5.13. The minimum Gasteiger partial charge on any atom is -0.487 e. The normalized spacial score (nSPS) is 10.4. The number of fused-ring (bicyclic) bond motifs is 2. The maximum atomic E-state index is 9.11. The summed E-state index contributed by atoms with van der Waals surface area (Å²) in [5, 5.41) is 35.1. The van der Waals surface area contributed by atoms with Crippen molar-refractivity contribution in [2.75, 3.05) is 70.6 Å². The molecule has 0 radical (unpaired) electrons. The summed E-state index contributed by atoms with van der Waals surface area (Å²) in [7, 11) is 1.60. The van der Waals surface area contributed by atoms with E-state index in [0.29, 0.717) is 64.3 Å². The SMILES string of the molecule is C#Cc1cccc(Nc2ncnc3cc(OCCO)c(OCCO)cc23)c1.C#Cc1cccc(Nc2ncnc3cc(OCCOC)c(OCCO)cc23)c1. The molecule has 0 saturated heterocycles. The smallest absolute Gasteiger partial charge is 0.163 e. The lowest BCUT2D eigenvalue weighted by molar-refractivity contribution is 0.141. The van der Waals surface area contributed by atoms with Gasteiger partial charge in [-0.15, -0.1) is 12.8 Å². The van der Waals surface area contributed by atoms with Gasteiger partial charge in [0.2, 0.25) is 0 Å². The predicted molar refractivity (Wildman–Crippen MR) is 210 cm³/mol. The number of aliphatic hydroxyl groups excluding tert-OH is 3. The van der Waals surface area contributed by atoms with Gasteiger partial charge in [0.25, 0.3) is 0 Å². The molecule has 0 aliphatic heterocycles. The molecule has 0 atom stereocenters. The third-order valence-corrected chi connectivity index (χ3v) is 7.58. The molecule has 2 aromatic heterocycles. The fourth-order valence-corrected chi connectivity index (χ4v) is 5.13. The molecule has 282 valence electrons. The van der Waals surface area contributed by atoms with E-state index in [9.17, 15) is 0 Å². The highest BCUT2D eigenvalue weighted by atomic mass is 16.5. The molecule has 4 aromatic carbocycles. The van der Waals surface area contributed by atoms with Crippen LogP contribution >= 0.6 is 0 Å². The number of aliphatic hydroxyl groups is 3. The second-order valence-electron chi connectivity index (χ2n) is 11.3. The zero-order valence-corrected chi connectivity index (χ0v) is 30.1. The molecule has 6 aromatic rings. The predicted octanol–water partition coefficient (Wildman–Crippen LogP) is 4.85. The topological polar surface area (TPSA) is 182 Å². The summed E-state index contributed by atoms with van der Waals surface area (Å²) in [6.45, 7) is 0.827. The van der Waals surface area contributed by atoms with Gasteiger partial charge in [-0.05, 0) is 48.5 Å². The van der Waals surface area contributed by atoms with Crippen molar-refractivity contribution >= 4 is 44.8 Å². The first-order valence-corrected chi connectivity index (χ1v) is 17.1. The fraction of sp³-hybridized carbons (Fsp3) is 0.220. The van der Waals surface area contributed by atoms with Gasteiger partial charge in [0.1, 0.15) is 50.7 Å². The summed E-state index contributed by atoms with van der Waals surface area (Å²) in [6, 6.07) is 21.9. The van der Waals surface area contributed by atoms with Gasteiger partial charge in [-0.3, -0.25) is 0 Å². The standard InChI is InChI=1S/C21H21N3O4.C20H19N3O4/c1-3-15-5-4-6-16(11-15)24-21-17-12-19(27-8-7-25)20(28-10-9-26-2)13-18(17)22-14-23-21;1-2-14-4-3-5-15(10-14)23-20-16-11-18(26-8-6-24)19(27-9-7-25)12-17(16)21-13-22-20/h1,4-6,11-14,25H,7-10H2,2H3,(H,22,23,24);1,3-5,10-13,24-25H,6-9H2,(H,21,22,23). The van der Waals surface area contributed by atoms with E-state index < -0.39 is 0 Å². The highest BCUT2D eigenvalue weighted by Gasteiger charge is 2.14. The van der Waals surface area contributed by atoms with E-state index in [4.69, 9.17) is 51.9 Å². The lowest BCUT2D eigenvalue weighted by Gasteiger charge is -2.15. The number of methoxy groups -OCH3 is 1. The molecule has 14 heteroatoms. The van der Waals surface area contributed by atoms with Crippen molar-refractivity contribution in [3.8, 4) is 47.7 Å². The van der Waals surface area contributed by atoms with E-state index >= 15 is 0 Å². The average Bonchev–Trinajstić information content (AvgIpc) is 3.22. The number of anilines is 4. The van der Waals surface area contributed by atoms with Crippen LogP contribution in [0.5, 0.6) is 23.0 Å². The lowest BCUT2D eigenvalue weighted by atomic mass is 10.2. The van der Waals surface area contributed by atoms with Crippen molar-refractivity contribution in [1.29, 1.82) is 0 Å². The molecular formula is C41H40N6O8. The molecular weight excluding hydrogens is 704 g/mol. The van der Waals surface area contributed by atoms with Gasteiger partial charge in [0, 0.05) is 52.5 Å². The van der Waals surface area contributed by atoms with Crippen LogP contribution in [-0.2, 0) is 4.74 Å². The quantitative estimate of drug-likeness (QED) is 0.0632. The highest BCUT2D eigenvalue weighted by molar-refractivity contribution is 5.94. The van der Waals surface area contributed by atoms with Crippen molar-refractivity contribution < 1.29 is 39.0 Å². The molecule has 0 aliphatic carbocycles. The number of nitrogens with zero attached hydrogens (tertiary/aromatic N) is 4. The largest absolute Gasteiger partial charge is 0.487 e. The van der Waals surface area contributed by atoms with Crippen molar-refractivity contribution in [3.63, 3.8) is 0 Å². The van der Waals surface area contributed by atoms with E-state index in [-0.39, 0.29) is 39.6 Å². The summed E-state index contributed by atoms with van der Waals surface area (Å²) < 4.78 is 27.5. The summed E-state index contributed by atoms with van der Waals surface area (Å²) in [5.41, 5.74) is 4.46. The lowest BCUT2D eigenvalue weighted by Crippen LogP contribution is -2.08. The summed E-state index contributed by atoms with van der Waals surface area (Å²) in [5.74, 6) is 8.28. The van der Waals surface area contributed by atoms with E-state index in [2.05, 4.69) is 42.4 Å². The van der Waals surface area contributed by atoms with Gasteiger partial charge in [-0.2, -0.15) is 0 Å². The maximum absolute atomic E-state index is 9.11. The van der Waals surface area contributed by atoms with Crippen LogP contribution in [0, 0.1) is 24.7 Å². The van der Waals surface area contributed by atoms with Gasteiger partial charge < -0.3 is 49.6 Å². The maximum Gasteiger partial charge on any atom is 0.163 e. The third kappa shape index (κ3) is 10.9. The molecule has 0 aliphatic rings.